The average molecular weight is 404 g/mol. The molecule has 150 valence electrons. The molecule has 8 heteroatoms. The highest BCUT2D eigenvalue weighted by Gasteiger charge is 2.22. The molecule has 0 saturated carbocycles. The summed E-state index contributed by atoms with van der Waals surface area (Å²) in [5.41, 5.74) is 2.49. The molecule has 0 aliphatic heterocycles. The van der Waals surface area contributed by atoms with Gasteiger partial charge in [-0.05, 0) is 50.0 Å². The molecule has 7 nitrogen and oxygen atoms in total. The van der Waals surface area contributed by atoms with Gasteiger partial charge in [-0.15, -0.1) is 0 Å². The lowest BCUT2D eigenvalue weighted by Gasteiger charge is -2.34. The number of pyridine rings is 1. The van der Waals surface area contributed by atoms with Crippen LogP contribution in [0.2, 0.25) is 0 Å². The Bertz CT molecular complexity index is 979. The van der Waals surface area contributed by atoms with E-state index in [1.807, 2.05) is 38.4 Å². The third-order valence-electron chi connectivity index (χ3n) is 4.18. The second-order valence-electron chi connectivity index (χ2n) is 6.66. The smallest absolute Gasteiger partial charge is 0.144 e. The molecule has 0 saturated heterocycles. The van der Waals surface area contributed by atoms with Crippen LogP contribution < -0.4 is 14.2 Å². The molecule has 3 rings (SSSR count). The van der Waals surface area contributed by atoms with E-state index in [-0.39, 0.29) is 4.90 Å². The highest BCUT2D eigenvalue weighted by Crippen LogP contribution is 2.53. The van der Waals surface area contributed by atoms with Crippen molar-refractivity contribution in [2.45, 2.75) is 11.4 Å². The van der Waals surface area contributed by atoms with Crippen molar-refractivity contribution < 1.29 is 18.6 Å². The van der Waals surface area contributed by atoms with E-state index >= 15 is 0 Å². The molecule has 28 heavy (non-hydrogen) atoms. The van der Waals surface area contributed by atoms with E-state index in [2.05, 4.69) is 14.6 Å². The number of benzene rings is 2. The molecule has 0 amide bonds. The van der Waals surface area contributed by atoms with Crippen molar-refractivity contribution in [1.29, 1.82) is 0 Å². The lowest BCUT2D eigenvalue weighted by Crippen LogP contribution is -2.11. The van der Waals surface area contributed by atoms with Crippen LogP contribution in [-0.4, -0.2) is 47.3 Å². The van der Waals surface area contributed by atoms with Crippen LogP contribution in [0.4, 0.5) is 5.69 Å². The van der Waals surface area contributed by atoms with Gasteiger partial charge in [0.05, 0.1) is 31.6 Å². The zero-order chi connectivity index (χ0) is 20.3. The molecule has 1 aromatic heterocycles. The molecule has 1 heterocycles. The van der Waals surface area contributed by atoms with Crippen molar-refractivity contribution in [2.75, 3.05) is 33.0 Å². The second-order valence-corrected chi connectivity index (χ2v) is 8.40. The largest absolute Gasteiger partial charge is 0.497 e. The first-order valence-corrected chi connectivity index (χ1v) is 10.2. The van der Waals surface area contributed by atoms with Crippen molar-refractivity contribution in [1.82, 2.24) is 9.88 Å². The first-order valence-electron chi connectivity index (χ1n) is 8.64. The lowest BCUT2D eigenvalue weighted by atomic mass is 10.1. The Balaban J connectivity index is 1.94. The fourth-order valence-corrected chi connectivity index (χ4v) is 4.19. The van der Waals surface area contributed by atoms with Gasteiger partial charge in [0.15, 0.2) is 0 Å². The Morgan fingerprint density at radius 2 is 1.82 bits per heavy atom. The van der Waals surface area contributed by atoms with Gasteiger partial charge in [-0.3, -0.25) is 18.8 Å². The van der Waals surface area contributed by atoms with Crippen LogP contribution in [0, 0.1) is 0 Å². The normalized spacial score (nSPS) is 12.2. The van der Waals surface area contributed by atoms with Crippen LogP contribution in [0.3, 0.4) is 0 Å². The topological polar surface area (TPSA) is 87.1 Å². The number of nitrogens with one attached hydrogen (secondary N) is 1. The minimum Gasteiger partial charge on any atom is -0.497 e. The summed E-state index contributed by atoms with van der Waals surface area (Å²) in [6.45, 7) is 0.809. The molecule has 0 fully saturated rings. The SMILES string of the molecule is COc1ccc(OC)c(S(O)(O)Nc2cnc3ccc(CN(C)C)cc3c2)c1. The van der Waals surface area contributed by atoms with Gasteiger partial charge >= 0.3 is 0 Å². The average Bonchev–Trinajstić information content (AvgIpc) is 2.66. The van der Waals surface area contributed by atoms with E-state index in [4.69, 9.17) is 9.47 Å². The van der Waals surface area contributed by atoms with Gasteiger partial charge in [0.25, 0.3) is 0 Å². The molecule has 0 radical (unpaired) electrons. The molecule has 2 aromatic carbocycles. The van der Waals surface area contributed by atoms with Gasteiger partial charge in [0.1, 0.15) is 16.4 Å². The first-order chi connectivity index (χ1) is 13.3. The van der Waals surface area contributed by atoms with Gasteiger partial charge in [0, 0.05) is 18.0 Å². The maximum absolute atomic E-state index is 10.8. The van der Waals surface area contributed by atoms with E-state index in [9.17, 15) is 9.11 Å². The van der Waals surface area contributed by atoms with Crippen LogP contribution in [0.25, 0.3) is 10.9 Å². The van der Waals surface area contributed by atoms with E-state index < -0.39 is 10.8 Å². The Hall–Kier alpha value is -2.52. The quantitative estimate of drug-likeness (QED) is 0.537. The molecule has 0 atom stereocenters. The van der Waals surface area contributed by atoms with Crippen molar-refractivity contribution in [3.05, 3.63) is 54.2 Å². The van der Waals surface area contributed by atoms with E-state index in [1.165, 1.54) is 14.2 Å². The number of ether oxygens (including phenoxy) is 2. The lowest BCUT2D eigenvalue weighted by molar-refractivity contribution is 0.388. The summed E-state index contributed by atoms with van der Waals surface area (Å²) in [5, 5.41) is 0.914. The molecule has 0 unspecified atom stereocenters. The Labute approximate surface area is 166 Å². The number of methoxy groups -OCH3 is 2. The number of nitrogens with zero attached hydrogens (tertiary/aromatic N) is 2. The second kappa shape index (κ2) is 8.24. The molecule has 0 aliphatic carbocycles. The fraction of sp³-hybridized carbons (Fsp3) is 0.250. The Morgan fingerprint density at radius 1 is 1.04 bits per heavy atom. The Kier molecular flexibility index (Phi) is 5.95. The van der Waals surface area contributed by atoms with Gasteiger partial charge in [-0.1, -0.05) is 16.8 Å². The minimum absolute atomic E-state index is 0.218. The number of rotatable bonds is 7. The zero-order valence-corrected chi connectivity index (χ0v) is 17.2. The highest BCUT2D eigenvalue weighted by molar-refractivity contribution is 8.25. The summed E-state index contributed by atoms with van der Waals surface area (Å²) in [6.07, 6.45) is 1.58. The third kappa shape index (κ3) is 4.48. The van der Waals surface area contributed by atoms with Crippen molar-refractivity contribution in [3.63, 3.8) is 0 Å². The molecule has 0 bridgehead atoms. The summed E-state index contributed by atoms with van der Waals surface area (Å²) in [7, 11) is 3.63. The third-order valence-corrected chi connectivity index (χ3v) is 5.63. The van der Waals surface area contributed by atoms with Crippen molar-refractivity contribution in [3.8, 4) is 11.5 Å². The maximum atomic E-state index is 10.8. The molecule has 3 aromatic rings. The van der Waals surface area contributed by atoms with Gasteiger partial charge in [-0.2, -0.15) is 0 Å². The summed E-state index contributed by atoms with van der Waals surface area (Å²) in [6, 6.07) is 12.8. The maximum Gasteiger partial charge on any atom is 0.144 e. The number of hydrogen-bond acceptors (Lipinski definition) is 7. The number of anilines is 1. The standard InChI is InChI=1S/C20H25N3O4S/c1-23(2)13-14-5-7-18-15(9-14)10-16(12-21-18)22-28(24,25)20-11-17(26-3)6-8-19(20)27-4/h5-12,22,24-25H,13H2,1-4H3. The van der Waals surface area contributed by atoms with E-state index in [1.54, 1.807) is 24.4 Å². The van der Waals surface area contributed by atoms with Crippen LogP contribution in [0.1, 0.15) is 5.56 Å². The monoisotopic (exact) mass is 403 g/mol. The predicted octanol–water partition coefficient (Wildman–Crippen LogP) is 4.45. The highest BCUT2D eigenvalue weighted by atomic mass is 32.3. The summed E-state index contributed by atoms with van der Waals surface area (Å²) in [4.78, 5) is 6.72. The number of hydrogen-bond donors (Lipinski definition) is 3. The summed E-state index contributed by atoms with van der Waals surface area (Å²) >= 11 is 0. The molecular weight excluding hydrogens is 378 g/mol. The summed E-state index contributed by atoms with van der Waals surface area (Å²) in [5.74, 6) is 0.859. The Morgan fingerprint density at radius 3 is 2.50 bits per heavy atom. The molecule has 0 aliphatic rings. The summed E-state index contributed by atoms with van der Waals surface area (Å²) < 4.78 is 34.8. The van der Waals surface area contributed by atoms with Crippen LogP contribution in [-0.2, 0) is 6.54 Å². The van der Waals surface area contributed by atoms with Gasteiger partial charge < -0.3 is 14.4 Å². The van der Waals surface area contributed by atoms with E-state index in [0.717, 1.165) is 23.0 Å². The van der Waals surface area contributed by atoms with Crippen molar-refractivity contribution in [2.24, 2.45) is 0 Å². The first kappa shape index (κ1) is 20.2. The number of fused-ring (bicyclic) bond motifs is 1. The van der Waals surface area contributed by atoms with Gasteiger partial charge in [0.2, 0.25) is 0 Å². The van der Waals surface area contributed by atoms with Crippen LogP contribution in [0.15, 0.2) is 53.6 Å². The van der Waals surface area contributed by atoms with Crippen LogP contribution in [0.5, 0.6) is 11.5 Å². The molecule has 3 N–H and O–H groups in total. The molecule has 0 spiro atoms. The predicted molar refractivity (Wildman–Crippen MR) is 113 cm³/mol. The van der Waals surface area contributed by atoms with Crippen LogP contribution >= 0.6 is 10.8 Å². The minimum atomic E-state index is -3.39. The van der Waals surface area contributed by atoms with E-state index in [0.29, 0.717) is 17.2 Å². The zero-order valence-electron chi connectivity index (χ0n) is 16.3. The fourth-order valence-electron chi connectivity index (χ4n) is 2.93. The number of aromatic nitrogens is 1. The van der Waals surface area contributed by atoms with Gasteiger partial charge in [-0.25, -0.2) is 0 Å². The van der Waals surface area contributed by atoms with Crippen molar-refractivity contribution >= 4 is 27.4 Å². The molecular formula is C20H25N3O4S.